The van der Waals surface area contributed by atoms with Gasteiger partial charge in [-0.25, -0.2) is 4.79 Å². The van der Waals surface area contributed by atoms with Crippen molar-refractivity contribution in [2.24, 2.45) is 0 Å². The van der Waals surface area contributed by atoms with E-state index in [-0.39, 0.29) is 6.03 Å². The van der Waals surface area contributed by atoms with Crippen LogP contribution in [-0.2, 0) is 12.1 Å². The van der Waals surface area contributed by atoms with E-state index in [0.717, 1.165) is 19.6 Å². The van der Waals surface area contributed by atoms with Crippen LogP contribution < -0.4 is 10.6 Å². The number of rotatable bonds is 4. The quantitative estimate of drug-likeness (QED) is 0.767. The van der Waals surface area contributed by atoms with Crippen LogP contribution >= 0.6 is 11.6 Å². The van der Waals surface area contributed by atoms with Crippen molar-refractivity contribution >= 4 is 23.3 Å². The number of piperidine rings is 1. The second-order valence-electron chi connectivity index (χ2n) is 6.69. The largest absolute Gasteiger partial charge is 0.385 e. The number of hydrogen-bond acceptors (Lipinski definition) is 3. The zero-order valence-corrected chi connectivity index (χ0v) is 15.6. The van der Waals surface area contributed by atoms with E-state index in [4.69, 9.17) is 11.6 Å². The number of amides is 2. The third kappa shape index (κ3) is 4.36. The number of carbonyl (C=O) groups excluding carboxylic acids is 1. The molecule has 1 aliphatic heterocycles. The third-order valence-corrected chi connectivity index (χ3v) is 5.13. The summed E-state index contributed by atoms with van der Waals surface area (Å²) < 4.78 is 0. The molecule has 2 amide bonds. The highest BCUT2D eigenvalue weighted by Gasteiger charge is 2.36. The molecule has 26 heavy (non-hydrogen) atoms. The zero-order chi connectivity index (χ0) is 18.6. The Kier molecular flexibility index (Phi) is 5.81. The average molecular weight is 374 g/mol. The summed E-state index contributed by atoms with van der Waals surface area (Å²) in [6, 6.07) is 15.2. The van der Waals surface area contributed by atoms with Crippen molar-refractivity contribution < 1.29 is 9.90 Å². The molecule has 0 atom stereocenters. The summed E-state index contributed by atoms with van der Waals surface area (Å²) in [6.45, 7) is 2.42. The highest BCUT2D eigenvalue weighted by Crippen LogP contribution is 2.38. The molecule has 0 aliphatic carbocycles. The summed E-state index contributed by atoms with van der Waals surface area (Å²) in [5.41, 5.74) is 1.53. The first kappa shape index (κ1) is 18.7. The van der Waals surface area contributed by atoms with Gasteiger partial charge in [-0.1, -0.05) is 41.9 Å². The second-order valence-corrected chi connectivity index (χ2v) is 7.12. The fraction of sp³-hybridized carbons (Fsp3) is 0.350. The smallest absolute Gasteiger partial charge is 0.318 e. The molecule has 0 bridgehead atoms. The molecule has 0 aromatic heterocycles. The monoisotopic (exact) mass is 373 g/mol. The zero-order valence-electron chi connectivity index (χ0n) is 14.8. The van der Waals surface area contributed by atoms with E-state index in [9.17, 15) is 9.90 Å². The van der Waals surface area contributed by atoms with Crippen LogP contribution in [0.3, 0.4) is 0 Å². The van der Waals surface area contributed by atoms with Crippen molar-refractivity contribution in [3.05, 3.63) is 64.7 Å². The number of likely N-dealkylation sites (tertiary alicyclic amines) is 1. The van der Waals surface area contributed by atoms with Crippen LogP contribution in [0.1, 0.15) is 24.0 Å². The van der Waals surface area contributed by atoms with Crippen LogP contribution in [-0.4, -0.2) is 36.2 Å². The van der Waals surface area contributed by atoms with Crippen molar-refractivity contribution in [1.29, 1.82) is 0 Å². The molecule has 2 aromatic rings. The van der Waals surface area contributed by atoms with E-state index in [2.05, 4.69) is 27.7 Å². The molecule has 1 saturated heterocycles. The molecule has 3 rings (SSSR count). The lowest BCUT2D eigenvalue weighted by atomic mass is 9.83. The fourth-order valence-electron chi connectivity index (χ4n) is 3.39. The summed E-state index contributed by atoms with van der Waals surface area (Å²) in [6.07, 6.45) is 1.17. The van der Waals surface area contributed by atoms with Crippen LogP contribution in [0.2, 0.25) is 5.02 Å². The van der Waals surface area contributed by atoms with Gasteiger partial charge in [-0.15, -0.1) is 0 Å². The van der Waals surface area contributed by atoms with Crippen molar-refractivity contribution in [3.63, 3.8) is 0 Å². The van der Waals surface area contributed by atoms with E-state index in [1.165, 1.54) is 5.56 Å². The number of anilines is 1. The number of hydrogen-bond donors (Lipinski definition) is 3. The molecule has 0 spiro atoms. The highest BCUT2D eigenvalue weighted by atomic mass is 35.5. The minimum atomic E-state index is -1.01. The summed E-state index contributed by atoms with van der Waals surface area (Å²) in [7, 11) is 1.56. The fourth-order valence-corrected chi connectivity index (χ4v) is 3.56. The van der Waals surface area contributed by atoms with E-state index >= 15 is 0 Å². The van der Waals surface area contributed by atoms with Crippen molar-refractivity contribution in [1.82, 2.24) is 10.2 Å². The Morgan fingerprint density at radius 1 is 1.19 bits per heavy atom. The van der Waals surface area contributed by atoms with Crippen molar-refractivity contribution in [3.8, 4) is 0 Å². The Morgan fingerprint density at radius 2 is 1.88 bits per heavy atom. The number of halogens is 1. The van der Waals surface area contributed by atoms with Gasteiger partial charge < -0.3 is 15.7 Å². The van der Waals surface area contributed by atoms with Gasteiger partial charge in [-0.05, 0) is 36.6 Å². The Labute approximate surface area is 159 Å². The highest BCUT2D eigenvalue weighted by molar-refractivity contribution is 6.30. The maximum absolute atomic E-state index is 11.7. The first-order valence-corrected chi connectivity index (χ1v) is 9.15. The topological polar surface area (TPSA) is 64.6 Å². The van der Waals surface area contributed by atoms with E-state index < -0.39 is 5.60 Å². The predicted octanol–water partition coefficient (Wildman–Crippen LogP) is 3.57. The molecular formula is C20H24ClN3O2. The molecule has 2 aromatic carbocycles. The summed E-state index contributed by atoms with van der Waals surface area (Å²) >= 11 is 6.15. The van der Waals surface area contributed by atoms with Gasteiger partial charge in [-0.2, -0.15) is 0 Å². The van der Waals surface area contributed by atoms with Crippen LogP contribution in [0.25, 0.3) is 0 Å². The van der Waals surface area contributed by atoms with Gasteiger partial charge >= 0.3 is 6.03 Å². The number of benzene rings is 2. The molecular weight excluding hydrogens is 350 g/mol. The Bertz CT molecular complexity index is 759. The van der Waals surface area contributed by atoms with Crippen LogP contribution in [0.5, 0.6) is 0 Å². The van der Waals surface area contributed by atoms with E-state index in [0.29, 0.717) is 29.1 Å². The predicted molar refractivity (Wildman–Crippen MR) is 104 cm³/mol. The lowest BCUT2D eigenvalue weighted by Gasteiger charge is -2.39. The van der Waals surface area contributed by atoms with Crippen LogP contribution in [0, 0.1) is 0 Å². The number of aliphatic hydroxyl groups is 1. The van der Waals surface area contributed by atoms with Gasteiger partial charge in [0.2, 0.25) is 0 Å². The van der Waals surface area contributed by atoms with E-state index in [1.807, 2.05) is 18.2 Å². The van der Waals surface area contributed by atoms with Crippen LogP contribution in [0.4, 0.5) is 10.5 Å². The lowest BCUT2D eigenvalue weighted by molar-refractivity contribution is -0.0271. The Balaban J connectivity index is 1.74. The molecule has 1 fully saturated rings. The first-order chi connectivity index (χ1) is 12.5. The number of carbonyl (C=O) groups is 1. The number of urea groups is 1. The van der Waals surface area contributed by atoms with Gasteiger partial charge in [0.25, 0.3) is 0 Å². The summed E-state index contributed by atoms with van der Waals surface area (Å²) in [5.74, 6) is 0. The van der Waals surface area contributed by atoms with Gasteiger partial charge in [-0.3, -0.25) is 4.90 Å². The summed E-state index contributed by atoms with van der Waals surface area (Å²) in [4.78, 5) is 14.0. The SMILES string of the molecule is CNC(=O)Nc1ccc(Cl)cc1C1(O)CCN(Cc2ccccc2)CC1. The molecule has 5 nitrogen and oxygen atoms in total. The normalized spacial score (nSPS) is 16.9. The maximum atomic E-state index is 11.7. The maximum Gasteiger partial charge on any atom is 0.318 e. The molecule has 3 N–H and O–H groups in total. The number of nitrogens with one attached hydrogen (secondary N) is 2. The minimum Gasteiger partial charge on any atom is -0.385 e. The summed E-state index contributed by atoms with van der Waals surface area (Å²) in [5, 5.41) is 17.1. The molecule has 0 radical (unpaired) electrons. The first-order valence-electron chi connectivity index (χ1n) is 8.77. The van der Waals surface area contributed by atoms with E-state index in [1.54, 1.807) is 25.2 Å². The van der Waals surface area contributed by atoms with Crippen molar-refractivity contribution in [2.45, 2.75) is 25.0 Å². The average Bonchev–Trinajstić information content (AvgIpc) is 2.66. The molecule has 0 unspecified atom stereocenters. The molecule has 138 valence electrons. The molecule has 1 heterocycles. The van der Waals surface area contributed by atoms with Gasteiger partial charge in [0.05, 0.1) is 5.60 Å². The van der Waals surface area contributed by atoms with Crippen molar-refractivity contribution in [2.75, 3.05) is 25.5 Å². The lowest BCUT2D eigenvalue weighted by Crippen LogP contribution is -2.42. The number of nitrogens with zero attached hydrogens (tertiary/aromatic N) is 1. The van der Waals surface area contributed by atoms with Gasteiger partial charge in [0.1, 0.15) is 0 Å². The van der Waals surface area contributed by atoms with Gasteiger partial charge in [0.15, 0.2) is 0 Å². The molecule has 0 saturated carbocycles. The van der Waals surface area contributed by atoms with Crippen LogP contribution in [0.15, 0.2) is 48.5 Å². The Hall–Kier alpha value is -2.08. The minimum absolute atomic E-state index is 0.321. The molecule has 1 aliphatic rings. The second kappa shape index (κ2) is 8.08. The third-order valence-electron chi connectivity index (χ3n) is 4.89. The molecule has 6 heteroatoms. The standard InChI is InChI=1S/C20H24ClN3O2/c1-22-19(25)23-18-8-7-16(21)13-17(18)20(26)9-11-24(12-10-20)14-15-5-3-2-4-6-15/h2-8,13,26H,9-12,14H2,1H3,(H2,22,23,25). The Morgan fingerprint density at radius 3 is 2.54 bits per heavy atom. The van der Waals surface area contributed by atoms with Gasteiger partial charge in [0, 0.05) is 43.0 Å².